The van der Waals surface area contributed by atoms with Gasteiger partial charge in [-0.05, 0) is 36.3 Å². The van der Waals surface area contributed by atoms with Crippen molar-refractivity contribution in [1.29, 1.82) is 0 Å². The molecule has 0 saturated carbocycles. The fourth-order valence-corrected chi connectivity index (χ4v) is 12.8. The molecule has 506 valence electrons. The van der Waals surface area contributed by atoms with Gasteiger partial charge in [0.05, 0.1) is 56.8 Å². The number of aliphatic hydroxyl groups excluding tert-OH is 4. The third-order valence-corrected chi connectivity index (χ3v) is 26.6. The highest BCUT2D eigenvalue weighted by Crippen LogP contribution is 2.44. The molecular formula is C52H78N22O17Si2. The maximum atomic E-state index is 12.4. The Balaban J connectivity index is 0.000000161. The number of rotatable bonds is 16. The van der Waals surface area contributed by atoms with Crippen molar-refractivity contribution < 1.29 is 63.1 Å². The molecule has 0 spiro atoms. The van der Waals surface area contributed by atoms with Crippen LogP contribution in [0.2, 0.25) is 36.3 Å². The molecule has 4 aliphatic heterocycles. The predicted octanol–water partition coefficient (Wildman–Crippen LogP) is -1.89. The number of aromatic amines is 4. The second-order valence-electron chi connectivity index (χ2n) is 25.8. The van der Waals surface area contributed by atoms with E-state index in [0.717, 1.165) is 0 Å². The van der Waals surface area contributed by atoms with Gasteiger partial charge in [-0.25, -0.2) is 19.9 Å². The van der Waals surface area contributed by atoms with Gasteiger partial charge < -0.3 is 81.2 Å². The van der Waals surface area contributed by atoms with Crippen LogP contribution >= 0.6 is 0 Å². The smallest absolute Gasteiger partial charge is 0.280 e. The average molecular weight is 1340 g/mol. The minimum atomic E-state index is -2.30. The number of hydroxylamine groups is 2. The van der Waals surface area contributed by atoms with E-state index in [1.807, 2.05) is 0 Å². The van der Waals surface area contributed by atoms with Gasteiger partial charge in [0, 0.05) is 19.4 Å². The van der Waals surface area contributed by atoms with Crippen molar-refractivity contribution in [3.8, 4) is 0 Å². The number of nitrogen functional groups attached to an aromatic ring is 4. The van der Waals surface area contributed by atoms with Crippen molar-refractivity contribution in [2.45, 2.75) is 177 Å². The van der Waals surface area contributed by atoms with Crippen molar-refractivity contribution in [1.82, 2.24) is 89.0 Å². The standard InChI is InChI=1S/C22H42N6O5Si2.C20H25N11O8.C10H11N5O4/c1-21(2,3)34(7,8)31-11-13-14(27-30)16(33-35(9,10)22(4,5)6)19(32-13)28-12-24-15-17(28)25-20(23)26-18(15)29;21-19-26-14-10(16(35)28-19)23-4-30(14)9-1-6(33)7(37-9)2-25-39-13-8(3-32)38-18(12(13)34)31-5-24-11-15(31)27-20(22)29-17(11)36;11-10-13-8-7(9(18)14-10)12-3-15(8)6-1-4(17)5(2-16)19-6/h12-14,16,19,27,30H,11H2,1-10H3,(H3,23,25,26,29);4-9,12-13,18,25,32-34H,1-3H2,(H3,21,26,28,35)(H3,22,27,29,36);2-6,17H,1H2,(H3,11,13,14,18)/t13-,14-,16-,19-;6-,7+,8+,9+,12+,13+,18+;4-,5+,6+/m100/s1. The summed E-state index contributed by atoms with van der Waals surface area (Å²) in [5, 5.41) is 51.2. The zero-order valence-electron chi connectivity index (χ0n) is 52.3. The lowest BCUT2D eigenvalue weighted by Crippen LogP contribution is -2.53. The van der Waals surface area contributed by atoms with Crippen molar-refractivity contribution in [3.63, 3.8) is 0 Å². The van der Waals surface area contributed by atoms with Gasteiger partial charge in [-0.15, -0.1) is 0 Å². The molecular weight excluding hydrogens is 1260 g/mol. The number of carbonyl (C=O) groups excluding carboxylic acids is 1. The zero-order valence-corrected chi connectivity index (χ0v) is 54.3. The van der Waals surface area contributed by atoms with E-state index in [0.29, 0.717) is 11.9 Å². The summed E-state index contributed by atoms with van der Waals surface area (Å²) in [6, 6.07) is -0.573. The van der Waals surface area contributed by atoms with Gasteiger partial charge in [0.15, 0.2) is 80.0 Å². The molecule has 14 atom stereocenters. The van der Waals surface area contributed by atoms with E-state index >= 15 is 0 Å². The first-order chi connectivity index (χ1) is 43.7. The highest BCUT2D eigenvalue weighted by molar-refractivity contribution is 6.74. The van der Waals surface area contributed by atoms with E-state index in [9.17, 15) is 49.6 Å². The number of imidazole rings is 4. The van der Waals surface area contributed by atoms with Crippen LogP contribution in [0.4, 0.5) is 23.8 Å². The largest absolute Gasteiger partial charge is 0.414 e. The van der Waals surface area contributed by atoms with Gasteiger partial charge in [-0.3, -0.25) is 62.2 Å². The van der Waals surface area contributed by atoms with Crippen LogP contribution in [0.5, 0.6) is 0 Å². The van der Waals surface area contributed by atoms with Gasteiger partial charge in [0.1, 0.15) is 55.2 Å². The number of aromatic nitrogens is 16. The number of hydrogen-bond donors (Lipinski definition) is 15. The van der Waals surface area contributed by atoms with Crippen LogP contribution in [-0.4, -0.2) is 207 Å². The van der Waals surface area contributed by atoms with Crippen LogP contribution in [0.1, 0.15) is 79.3 Å². The molecule has 41 heteroatoms. The van der Waals surface area contributed by atoms with E-state index in [1.165, 1.54) is 39.0 Å². The minimum Gasteiger partial charge on any atom is -0.414 e. The average Bonchev–Trinajstić information content (AvgIpc) is 1.63. The van der Waals surface area contributed by atoms with Crippen LogP contribution in [0, 0.1) is 0 Å². The topological polar surface area (TPSA) is 565 Å². The first-order valence-corrected chi connectivity index (χ1v) is 35.3. The number of aldehydes is 1. The first-order valence-electron chi connectivity index (χ1n) is 29.5. The summed E-state index contributed by atoms with van der Waals surface area (Å²) < 4.78 is 42.8. The molecule has 0 aliphatic carbocycles. The first kappa shape index (κ1) is 68.0. The number of hydrogen-bond acceptors (Lipinski definition) is 31. The molecule has 4 saturated heterocycles. The number of H-pyrrole nitrogens is 4. The van der Waals surface area contributed by atoms with Crippen LogP contribution in [0.15, 0.2) is 44.5 Å². The Kier molecular flexibility index (Phi) is 19.1. The molecule has 12 heterocycles. The molecule has 8 aromatic rings. The van der Waals surface area contributed by atoms with Gasteiger partial charge in [-0.2, -0.15) is 30.9 Å². The zero-order chi connectivity index (χ0) is 67.6. The van der Waals surface area contributed by atoms with Gasteiger partial charge in [0.2, 0.25) is 23.8 Å². The van der Waals surface area contributed by atoms with Crippen molar-refractivity contribution >= 4 is 91.4 Å². The van der Waals surface area contributed by atoms with E-state index in [1.54, 1.807) is 4.57 Å². The molecule has 19 N–H and O–H groups in total. The number of aliphatic hydroxyl groups is 4. The van der Waals surface area contributed by atoms with E-state index in [-0.39, 0.29) is 98.9 Å². The van der Waals surface area contributed by atoms with Gasteiger partial charge >= 0.3 is 0 Å². The van der Waals surface area contributed by atoms with E-state index in [4.69, 9.17) is 55.6 Å². The third kappa shape index (κ3) is 13.5. The lowest BCUT2D eigenvalue weighted by Gasteiger charge is -2.40. The van der Waals surface area contributed by atoms with Crippen LogP contribution in [0.3, 0.4) is 0 Å². The van der Waals surface area contributed by atoms with Gasteiger partial charge in [-0.1, -0.05) is 41.5 Å². The highest BCUT2D eigenvalue weighted by Gasteiger charge is 2.53. The Morgan fingerprint density at radius 1 is 0.602 bits per heavy atom. The van der Waals surface area contributed by atoms with Crippen LogP contribution < -0.4 is 56.1 Å². The molecule has 0 amide bonds. The number of anilines is 4. The maximum absolute atomic E-state index is 12.4. The second-order valence-corrected chi connectivity index (χ2v) is 35.4. The fraction of sp³-hybridized carbons (Fsp3) is 0.596. The monoisotopic (exact) mass is 1340 g/mol. The fourth-order valence-electron chi connectivity index (χ4n) is 10.5. The molecule has 0 aromatic carbocycles. The summed E-state index contributed by atoms with van der Waals surface area (Å²) in [4.78, 5) is 107. The van der Waals surface area contributed by atoms with Crippen LogP contribution in [0.25, 0.3) is 44.7 Å². The summed E-state index contributed by atoms with van der Waals surface area (Å²) >= 11 is 0. The minimum absolute atomic E-state index is 0.00173. The Morgan fingerprint density at radius 2 is 1.02 bits per heavy atom. The van der Waals surface area contributed by atoms with E-state index in [2.05, 4.69) is 138 Å². The normalized spacial score (nSPS) is 26.9. The summed E-state index contributed by atoms with van der Waals surface area (Å²) in [7, 11) is -4.38. The maximum Gasteiger partial charge on any atom is 0.280 e. The number of nitrogens with two attached hydrogens (primary N) is 4. The molecule has 8 aromatic heterocycles. The molecule has 12 rings (SSSR count). The number of carbonyl (C=O) groups is 1. The number of nitrogens with one attached hydrogen (secondary N) is 6. The summed E-state index contributed by atoms with van der Waals surface area (Å²) in [6.45, 7) is 21.4. The Morgan fingerprint density at radius 3 is 1.45 bits per heavy atom. The lowest BCUT2D eigenvalue weighted by atomic mass is 10.1. The Labute approximate surface area is 527 Å². The quantitative estimate of drug-likeness (QED) is 0.0286. The van der Waals surface area contributed by atoms with Gasteiger partial charge in [0.25, 0.3) is 22.2 Å². The van der Waals surface area contributed by atoms with Crippen molar-refractivity contribution in [2.24, 2.45) is 0 Å². The molecule has 93 heavy (non-hydrogen) atoms. The Bertz CT molecular complexity index is 4250. The Hall–Kier alpha value is -7.86. The summed E-state index contributed by atoms with van der Waals surface area (Å²) in [6.07, 6.45) is -4.50. The number of nitrogens with zero attached hydrogens (tertiary/aromatic N) is 12. The molecule has 0 radical (unpaired) electrons. The van der Waals surface area contributed by atoms with Crippen LogP contribution in [-0.2, 0) is 37.4 Å². The summed E-state index contributed by atoms with van der Waals surface area (Å²) in [5.74, 6) is -0.273. The van der Waals surface area contributed by atoms with Crippen molar-refractivity contribution in [2.75, 3.05) is 42.7 Å². The molecule has 39 nitrogen and oxygen atoms in total. The second kappa shape index (κ2) is 26.1. The number of fused-ring (bicyclic) bond motifs is 4. The number of ether oxygens (including phenoxy) is 4. The van der Waals surface area contributed by atoms with Crippen molar-refractivity contribution in [3.05, 3.63) is 66.7 Å². The summed E-state index contributed by atoms with van der Waals surface area (Å²) in [5.41, 5.74) is 27.0. The molecule has 4 aliphatic rings. The SMILES string of the molecule is CC(C)(C)[Si](C)(C)OC[C@H]1O[C@@H](n2cnc3c(=O)[nH]c(N)nc32)[C@H](O[Si](C)(C)C(C)(C)C)[C@@H]1NO.Nc1nc2c(ncn2[C@@H]2O[C@H](CO)[C@@H](ONC[C@H]3O[C@@H](n4cnc5c(=O)[nH]c(N)nc54)C[C@@H]3O)[C@H]2O)c(=O)[nH]1.Nc1nc2c(ncn2[C@H]2C[C@H](O)[C@@H](C=O)O2)c(=O)[nH]1. The lowest BCUT2D eigenvalue weighted by molar-refractivity contribution is -0.122. The molecule has 0 bridgehead atoms. The predicted molar refractivity (Wildman–Crippen MR) is 333 cm³/mol. The van der Waals surface area contributed by atoms with E-state index < -0.39 is 131 Å². The molecule has 0 unspecified atom stereocenters. The molecule has 4 fully saturated rings. The third-order valence-electron chi connectivity index (χ3n) is 17.6. The highest BCUT2D eigenvalue weighted by atomic mass is 28.4.